The third kappa shape index (κ3) is 2.89. The molecular weight excluding hydrogens is 177 g/mol. The molecule has 14 heavy (non-hydrogen) atoms. The molecule has 0 unspecified atom stereocenters. The minimum absolute atomic E-state index is 0.0108. The van der Waals surface area contributed by atoms with Gasteiger partial charge in [-0.05, 0) is 18.6 Å². The van der Waals surface area contributed by atoms with Crippen LogP contribution in [0.5, 0.6) is 0 Å². The molecule has 1 rings (SSSR count). The maximum atomic E-state index is 11.4. The standard InChI is InChI=1S/C10H14BNO2/c1-2-7-12-10(13)8-3-5-9(11-14)6-4-8/h3-6,11,14H,2,7H2,1H3,(H,12,13). The number of amides is 1. The van der Waals surface area contributed by atoms with Crippen LogP contribution in [0.2, 0.25) is 0 Å². The summed E-state index contributed by atoms with van der Waals surface area (Å²) in [6.07, 6.45) is 0.931. The fourth-order valence-corrected chi connectivity index (χ4v) is 1.10. The van der Waals surface area contributed by atoms with Crippen LogP contribution in [0.1, 0.15) is 23.7 Å². The van der Waals surface area contributed by atoms with Crippen molar-refractivity contribution in [1.82, 2.24) is 5.32 Å². The molecule has 0 spiro atoms. The number of nitrogens with one attached hydrogen (secondary N) is 1. The van der Waals surface area contributed by atoms with E-state index >= 15 is 0 Å². The van der Waals surface area contributed by atoms with E-state index < -0.39 is 0 Å². The first-order chi connectivity index (χ1) is 6.77. The molecular formula is C10H14BNO2. The summed E-state index contributed by atoms with van der Waals surface area (Å²) in [4.78, 5) is 11.4. The van der Waals surface area contributed by atoms with E-state index in [1.165, 1.54) is 0 Å². The van der Waals surface area contributed by atoms with Crippen molar-refractivity contribution in [2.24, 2.45) is 0 Å². The highest BCUT2D eigenvalue weighted by Crippen LogP contribution is 1.96. The maximum Gasteiger partial charge on any atom is 0.304 e. The monoisotopic (exact) mass is 191 g/mol. The van der Waals surface area contributed by atoms with Crippen molar-refractivity contribution in [2.75, 3.05) is 6.54 Å². The molecule has 0 aliphatic carbocycles. The Morgan fingerprint density at radius 3 is 2.57 bits per heavy atom. The van der Waals surface area contributed by atoms with Crippen LogP contribution in [-0.2, 0) is 0 Å². The molecule has 0 aliphatic heterocycles. The third-order valence-corrected chi connectivity index (χ3v) is 1.93. The van der Waals surface area contributed by atoms with Crippen molar-refractivity contribution in [2.45, 2.75) is 13.3 Å². The van der Waals surface area contributed by atoms with Crippen molar-refractivity contribution in [3.8, 4) is 0 Å². The number of hydrogen-bond donors (Lipinski definition) is 2. The summed E-state index contributed by atoms with van der Waals surface area (Å²) in [5.41, 5.74) is 1.45. The van der Waals surface area contributed by atoms with E-state index in [0.717, 1.165) is 11.9 Å². The van der Waals surface area contributed by atoms with Gasteiger partial charge in [-0.25, -0.2) is 0 Å². The number of carbonyl (C=O) groups excluding carboxylic acids is 1. The second kappa shape index (κ2) is 5.45. The summed E-state index contributed by atoms with van der Waals surface area (Å²) in [6, 6.07) is 6.94. The minimum atomic E-state index is -0.0589. The summed E-state index contributed by atoms with van der Waals surface area (Å²) in [5.74, 6) is -0.0589. The highest BCUT2D eigenvalue weighted by molar-refractivity contribution is 6.45. The van der Waals surface area contributed by atoms with Crippen LogP contribution in [0, 0.1) is 0 Å². The molecule has 0 bridgehead atoms. The Morgan fingerprint density at radius 2 is 2.07 bits per heavy atom. The zero-order valence-electron chi connectivity index (χ0n) is 8.29. The van der Waals surface area contributed by atoms with E-state index in [-0.39, 0.29) is 13.4 Å². The van der Waals surface area contributed by atoms with Crippen LogP contribution in [0.3, 0.4) is 0 Å². The van der Waals surface area contributed by atoms with Crippen LogP contribution in [0.4, 0.5) is 0 Å². The third-order valence-electron chi connectivity index (χ3n) is 1.93. The lowest BCUT2D eigenvalue weighted by Crippen LogP contribution is -2.24. The van der Waals surface area contributed by atoms with Crippen LogP contribution in [0.15, 0.2) is 24.3 Å². The molecule has 4 heteroatoms. The molecule has 0 heterocycles. The number of rotatable bonds is 4. The van der Waals surface area contributed by atoms with Gasteiger partial charge in [0.2, 0.25) is 0 Å². The van der Waals surface area contributed by atoms with Crippen molar-refractivity contribution in [3.05, 3.63) is 29.8 Å². The number of benzene rings is 1. The van der Waals surface area contributed by atoms with Gasteiger partial charge in [0.15, 0.2) is 0 Å². The Kier molecular flexibility index (Phi) is 4.20. The van der Waals surface area contributed by atoms with Crippen molar-refractivity contribution >= 4 is 18.9 Å². The maximum absolute atomic E-state index is 11.4. The molecule has 0 aromatic heterocycles. The van der Waals surface area contributed by atoms with Gasteiger partial charge >= 0.3 is 7.48 Å². The molecule has 0 aliphatic rings. The first-order valence-corrected chi connectivity index (χ1v) is 4.76. The largest absolute Gasteiger partial charge is 0.449 e. The molecule has 1 aromatic carbocycles. The van der Waals surface area contributed by atoms with Gasteiger partial charge in [0, 0.05) is 12.1 Å². The van der Waals surface area contributed by atoms with E-state index in [1.54, 1.807) is 24.3 Å². The Bertz CT molecular complexity index is 297. The van der Waals surface area contributed by atoms with Crippen molar-refractivity contribution < 1.29 is 9.82 Å². The summed E-state index contributed by atoms with van der Waals surface area (Å²) < 4.78 is 0. The Hall–Kier alpha value is -1.29. The second-order valence-corrected chi connectivity index (χ2v) is 3.11. The summed E-state index contributed by atoms with van der Waals surface area (Å²) >= 11 is 0. The molecule has 0 saturated heterocycles. The van der Waals surface area contributed by atoms with E-state index in [1.807, 2.05) is 6.92 Å². The molecule has 1 aromatic rings. The second-order valence-electron chi connectivity index (χ2n) is 3.11. The van der Waals surface area contributed by atoms with Gasteiger partial charge < -0.3 is 10.3 Å². The fraction of sp³-hybridized carbons (Fsp3) is 0.300. The zero-order valence-corrected chi connectivity index (χ0v) is 8.29. The van der Waals surface area contributed by atoms with Crippen LogP contribution < -0.4 is 10.8 Å². The van der Waals surface area contributed by atoms with E-state index in [0.29, 0.717) is 12.1 Å². The van der Waals surface area contributed by atoms with Crippen molar-refractivity contribution in [1.29, 1.82) is 0 Å². The molecule has 3 nitrogen and oxygen atoms in total. The molecule has 0 atom stereocenters. The SMILES string of the molecule is CCCNC(=O)c1ccc(BO)cc1. The average Bonchev–Trinajstić information content (AvgIpc) is 2.26. The van der Waals surface area contributed by atoms with Crippen LogP contribution in [-0.4, -0.2) is 25.0 Å². The predicted octanol–water partition coefficient (Wildman–Crippen LogP) is -0.204. The number of carbonyl (C=O) groups is 1. The molecule has 0 fully saturated rings. The zero-order chi connectivity index (χ0) is 10.4. The Balaban J connectivity index is 2.62. The van der Waals surface area contributed by atoms with Crippen molar-refractivity contribution in [3.63, 3.8) is 0 Å². The van der Waals surface area contributed by atoms with Gasteiger partial charge in [-0.1, -0.05) is 24.5 Å². The number of hydrogen-bond acceptors (Lipinski definition) is 2. The molecule has 0 saturated carbocycles. The lowest BCUT2D eigenvalue weighted by molar-refractivity contribution is 0.0953. The van der Waals surface area contributed by atoms with Gasteiger partial charge in [-0.3, -0.25) is 4.79 Å². The summed E-state index contributed by atoms with van der Waals surface area (Å²) in [6.45, 7) is 2.70. The van der Waals surface area contributed by atoms with E-state index in [9.17, 15) is 4.79 Å². The quantitative estimate of drug-likeness (QED) is 0.647. The van der Waals surface area contributed by atoms with Crippen LogP contribution in [0.25, 0.3) is 0 Å². The van der Waals surface area contributed by atoms with Gasteiger partial charge in [-0.2, -0.15) is 0 Å². The minimum Gasteiger partial charge on any atom is -0.449 e. The lowest BCUT2D eigenvalue weighted by Gasteiger charge is -2.03. The van der Waals surface area contributed by atoms with Gasteiger partial charge in [0.05, 0.1) is 0 Å². The fourth-order valence-electron chi connectivity index (χ4n) is 1.10. The highest BCUT2D eigenvalue weighted by Gasteiger charge is 2.03. The topological polar surface area (TPSA) is 49.3 Å². The van der Waals surface area contributed by atoms with E-state index in [4.69, 9.17) is 5.02 Å². The molecule has 74 valence electrons. The first kappa shape index (κ1) is 10.8. The highest BCUT2D eigenvalue weighted by atomic mass is 16.2. The molecule has 2 N–H and O–H groups in total. The van der Waals surface area contributed by atoms with E-state index in [2.05, 4.69) is 5.32 Å². The van der Waals surface area contributed by atoms with Crippen LogP contribution >= 0.6 is 0 Å². The van der Waals surface area contributed by atoms with Gasteiger partial charge in [-0.15, -0.1) is 0 Å². The molecule has 0 radical (unpaired) electrons. The summed E-state index contributed by atoms with van der Waals surface area (Å²) in [7, 11) is 0.0108. The average molecular weight is 191 g/mol. The van der Waals surface area contributed by atoms with Gasteiger partial charge in [0.1, 0.15) is 0 Å². The molecule has 1 amide bonds. The Labute approximate surface area is 84.4 Å². The predicted molar refractivity (Wildman–Crippen MR) is 58.1 cm³/mol. The van der Waals surface area contributed by atoms with Gasteiger partial charge in [0.25, 0.3) is 5.91 Å². The first-order valence-electron chi connectivity index (χ1n) is 4.76. The smallest absolute Gasteiger partial charge is 0.304 e. The lowest BCUT2D eigenvalue weighted by atomic mass is 9.88. The summed E-state index contributed by atoms with van der Waals surface area (Å²) in [5, 5.41) is 11.6. The Morgan fingerprint density at radius 1 is 1.43 bits per heavy atom. The normalized spacial score (nSPS) is 9.57.